The van der Waals surface area contributed by atoms with E-state index in [0.717, 1.165) is 5.56 Å². The Morgan fingerprint density at radius 1 is 1.78 bits per heavy atom. The van der Waals surface area contributed by atoms with E-state index in [2.05, 4.69) is 5.18 Å². The number of rotatable bonds is 2. The van der Waals surface area contributed by atoms with Gasteiger partial charge in [-0.2, -0.15) is 4.91 Å². The predicted octanol–water partition coefficient (Wildman–Crippen LogP) is 1.85. The molecule has 0 aliphatic heterocycles. The minimum absolute atomic E-state index is 0.133. The van der Waals surface area contributed by atoms with E-state index < -0.39 is 0 Å². The lowest BCUT2D eigenvalue weighted by atomic mass is 10.3. The fraction of sp³-hybridized carbons (Fsp3) is 0.333. The molecule has 1 aromatic rings. The molecule has 0 aliphatic carbocycles. The standard InChI is InChI=1S/C6H7NO2/c1-5-2-6(3-7-8)9-4-5/h2,4H,3H2,1H3. The number of furan rings is 1. The highest BCUT2D eigenvalue weighted by Crippen LogP contribution is 2.06. The van der Waals surface area contributed by atoms with E-state index >= 15 is 0 Å². The fourth-order valence-electron chi connectivity index (χ4n) is 0.637. The van der Waals surface area contributed by atoms with Crippen LogP contribution in [0.4, 0.5) is 0 Å². The third kappa shape index (κ3) is 1.38. The van der Waals surface area contributed by atoms with Gasteiger partial charge in [0.25, 0.3) is 0 Å². The topological polar surface area (TPSA) is 42.6 Å². The van der Waals surface area contributed by atoms with Crippen molar-refractivity contribution in [2.45, 2.75) is 13.5 Å². The minimum Gasteiger partial charge on any atom is -0.467 e. The molecule has 0 bridgehead atoms. The zero-order valence-electron chi connectivity index (χ0n) is 5.13. The van der Waals surface area contributed by atoms with Crippen LogP contribution in [0.2, 0.25) is 0 Å². The average molecular weight is 125 g/mol. The van der Waals surface area contributed by atoms with Gasteiger partial charge in [-0.3, -0.25) is 0 Å². The van der Waals surface area contributed by atoms with Crippen LogP contribution in [0.5, 0.6) is 0 Å². The van der Waals surface area contributed by atoms with E-state index in [0.29, 0.717) is 5.76 Å². The first kappa shape index (κ1) is 6.01. The highest BCUT2D eigenvalue weighted by atomic mass is 16.3. The Morgan fingerprint density at radius 3 is 3.00 bits per heavy atom. The minimum atomic E-state index is 0.133. The van der Waals surface area contributed by atoms with E-state index in [1.165, 1.54) is 0 Å². The largest absolute Gasteiger partial charge is 0.467 e. The number of aryl methyl sites for hydroxylation is 1. The lowest BCUT2D eigenvalue weighted by Crippen LogP contribution is -1.70. The fourth-order valence-corrected chi connectivity index (χ4v) is 0.637. The van der Waals surface area contributed by atoms with E-state index in [4.69, 9.17) is 4.42 Å². The number of nitrogens with zero attached hydrogens (tertiary/aromatic N) is 1. The maximum atomic E-state index is 9.67. The monoisotopic (exact) mass is 125 g/mol. The van der Waals surface area contributed by atoms with Crippen molar-refractivity contribution in [2.75, 3.05) is 0 Å². The normalized spacial score (nSPS) is 9.44. The molecule has 3 heteroatoms. The molecule has 1 aromatic heterocycles. The van der Waals surface area contributed by atoms with Crippen LogP contribution >= 0.6 is 0 Å². The Labute approximate surface area is 52.7 Å². The molecule has 9 heavy (non-hydrogen) atoms. The van der Waals surface area contributed by atoms with Gasteiger partial charge >= 0.3 is 0 Å². The first-order chi connectivity index (χ1) is 4.33. The molecule has 0 unspecified atom stereocenters. The molecule has 0 radical (unpaired) electrons. The Bertz CT molecular complexity index is 205. The van der Waals surface area contributed by atoms with Crippen LogP contribution in [-0.2, 0) is 6.54 Å². The van der Waals surface area contributed by atoms with Crippen molar-refractivity contribution >= 4 is 0 Å². The summed E-state index contributed by atoms with van der Waals surface area (Å²) in [5.41, 5.74) is 1.02. The Morgan fingerprint density at radius 2 is 2.56 bits per heavy atom. The molecule has 0 amide bonds. The van der Waals surface area contributed by atoms with Crippen molar-refractivity contribution in [3.63, 3.8) is 0 Å². The first-order valence-electron chi connectivity index (χ1n) is 2.66. The van der Waals surface area contributed by atoms with E-state index in [1.807, 2.05) is 6.92 Å². The molecule has 0 atom stereocenters. The summed E-state index contributed by atoms with van der Waals surface area (Å²) in [4.78, 5) is 9.67. The van der Waals surface area contributed by atoms with Crippen molar-refractivity contribution in [2.24, 2.45) is 5.18 Å². The van der Waals surface area contributed by atoms with E-state index in [9.17, 15) is 4.91 Å². The van der Waals surface area contributed by atoms with Gasteiger partial charge in [0.15, 0.2) is 0 Å². The van der Waals surface area contributed by atoms with Crippen molar-refractivity contribution in [3.05, 3.63) is 28.6 Å². The summed E-state index contributed by atoms with van der Waals surface area (Å²) in [5.74, 6) is 0.627. The number of hydrogen-bond acceptors (Lipinski definition) is 3. The van der Waals surface area contributed by atoms with Crippen LogP contribution in [0.15, 0.2) is 21.9 Å². The first-order valence-corrected chi connectivity index (χ1v) is 2.66. The summed E-state index contributed by atoms with van der Waals surface area (Å²) >= 11 is 0. The van der Waals surface area contributed by atoms with Crippen molar-refractivity contribution in [1.29, 1.82) is 0 Å². The second-order valence-corrected chi connectivity index (χ2v) is 1.88. The molecule has 48 valence electrons. The quantitative estimate of drug-likeness (QED) is 0.566. The van der Waals surface area contributed by atoms with Gasteiger partial charge in [-0.1, -0.05) is 5.18 Å². The molecule has 3 nitrogen and oxygen atoms in total. The second kappa shape index (κ2) is 2.44. The van der Waals surface area contributed by atoms with Gasteiger partial charge < -0.3 is 4.42 Å². The van der Waals surface area contributed by atoms with Crippen LogP contribution < -0.4 is 0 Å². The summed E-state index contributed by atoms with van der Waals surface area (Å²) in [7, 11) is 0. The molecule has 0 saturated carbocycles. The molecule has 1 heterocycles. The molecule has 0 aliphatic rings. The molecule has 0 saturated heterocycles. The van der Waals surface area contributed by atoms with Crippen LogP contribution in [0.1, 0.15) is 11.3 Å². The van der Waals surface area contributed by atoms with E-state index in [1.54, 1.807) is 12.3 Å². The van der Waals surface area contributed by atoms with Crippen LogP contribution in [0.3, 0.4) is 0 Å². The van der Waals surface area contributed by atoms with Crippen LogP contribution in [-0.4, -0.2) is 0 Å². The third-order valence-corrected chi connectivity index (χ3v) is 1.01. The van der Waals surface area contributed by atoms with Gasteiger partial charge in [-0.05, 0) is 18.6 Å². The Balaban J connectivity index is 2.72. The van der Waals surface area contributed by atoms with Crippen LogP contribution in [0, 0.1) is 11.8 Å². The molecule has 0 N–H and O–H groups in total. The summed E-state index contributed by atoms with van der Waals surface area (Å²) in [6.45, 7) is 2.03. The molecular weight excluding hydrogens is 118 g/mol. The summed E-state index contributed by atoms with van der Waals surface area (Å²) in [6, 6.07) is 1.79. The molecule has 0 fully saturated rings. The van der Waals surface area contributed by atoms with Gasteiger partial charge in [-0.15, -0.1) is 0 Å². The smallest absolute Gasteiger partial charge is 0.139 e. The number of nitroso groups, excluding NO2 is 1. The summed E-state index contributed by atoms with van der Waals surface area (Å²) in [5, 5.41) is 2.68. The second-order valence-electron chi connectivity index (χ2n) is 1.88. The van der Waals surface area contributed by atoms with Gasteiger partial charge in [0.1, 0.15) is 12.3 Å². The molecule has 1 rings (SSSR count). The van der Waals surface area contributed by atoms with Crippen molar-refractivity contribution in [1.82, 2.24) is 0 Å². The predicted molar refractivity (Wildman–Crippen MR) is 32.9 cm³/mol. The maximum Gasteiger partial charge on any atom is 0.139 e. The molecule has 0 spiro atoms. The van der Waals surface area contributed by atoms with Crippen LogP contribution in [0.25, 0.3) is 0 Å². The Kier molecular flexibility index (Phi) is 1.63. The summed E-state index contributed by atoms with van der Waals surface area (Å²) in [6.07, 6.45) is 1.60. The SMILES string of the molecule is Cc1coc(CN=O)c1. The lowest BCUT2D eigenvalue weighted by Gasteiger charge is -1.78. The Hall–Kier alpha value is -1.12. The van der Waals surface area contributed by atoms with Crippen molar-refractivity contribution < 1.29 is 4.42 Å². The van der Waals surface area contributed by atoms with Crippen molar-refractivity contribution in [3.8, 4) is 0 Å². The van der Waals surface area contributed by atoms with Gasteiger partial charge in [0.2, 0.25) is 0 Å². The van der Waals surface area contributed by atoms with E-state index in [-0.39, 0.29) is 6.54 Å². The molecule has 0 aromatic carbocycles. The van der Waals surface area contributed by atoms with Gasteiger partial charge in [-0.25, -0.2) is 0 Å². The van der Waals surface area contributed by atoms with Gasteiger partial charge in [0.05, 0.1) is 6.26 Å². The highest BCUT2D eigenvalue weighted by molar-refractivity contribution is 5.09. The third-order valence-electron chi connectivity index (χ3n) is 1.01. The highest BCUT2D eigenvalue weighted by Gasteiger charge is 1.95. The van der Waals surface area contributed by atoms with Gasteiger partial charge in [0, 0.05) is 0 Å². The lowest BCUT2D eigenvalue weighted by molar-refractivity contribution is 0.511. The maximum absolute atomic E-state index is 9.67. The zero-order chi connectivity index (χ0) is 6.69. The zero-order valence-corrected chi connectivity index (χ0v) is 5.13. The summed E-state index contributed by atoms with van der Waals surface area (Å²) < 4.78 is 4.91. The average Bonchev–Trinajstić information content (AvgIpc) is 2.17. The molecular formula is C6H7NO2. The number of hydrogen-bond donors (Lipinski definition) is 0.